The minimum Gasteiger partial charge on any atom is -0.508 e. The fourth-order valence-corrected chi connectivity index (χ4v) is 5.08. The summed E-state index contributed by atoms with van der Waals surface area (Å²) in [6.45, 7) is 2.28. The number of anilines is 1. The number of benzene rings is 1. The largest absolute Gasteiger partial charge is 0.508 e. The van der Waals surface area contributed by atoms with Crippen molar-refractivity contribution in [2.24, 2.45) is 0 Å². The van der Waals surface area contributed by atoms with Crippen LogP contribution in [0, 0.1) is 0 Å². The van der Waals surface area contributed by atoms with Crippen molar-refractivity contribution in [2.45, 2.75) is 141 Å². The quantitative estimate of drug-likeness (QED) is 0.186. The van der Waals surface area contributed by atoms with Gasteiger partial charge in [-0.3, -0.25) is 4.79 Å². The second kappa shape index (κ2) is 17.0. The molecule has 0 saturated heterocycles. The molecule has 1 saturated carbocycles. The van der Waals surface area contributed by atoms with Crippen LogP contribution in [0.3, 0.4) is 0 Å². The standard InChI is InChI=1S/C29H49NO2/c1-2-3-4-5-6-7-8-9-10-11-12-13-14-18-21-29(32)30-26-22-23-28(31)27(24-26)25-19-16-15-17-20-25/h22-25,31H,2-21H2,1H3,(H,30,32). The summed E-state index contributed by atoms with van der Waals surface area (Å²) >= 11 is 0. The number of phenolic OH excluding ortho intramolecular Hbond substituents is 1. The first-order chi connectivity index (χ1) is 15.7. The molecule has 0 radical (unpaired) electrons. The molecule has 0 unspecified atom stereocenters. The topological polar surface area (TPSA) is 49.3 Å². The zero-order chi connectivity index (χ0) is 22.9. The predicted octanol–water partition coefficient (Wildman–Crippen LogP) is 9.25. The number of rotatable bonds is 17. The average Bonchev–Trinajstić information content (AvgIpc) is 2.81. The molecular formula is C29H49NO2. The molecule has 1 amide bonds. The van der Waals surface area contributed by atoms with Gasteiger partial charge in [-0.2, -0.15) is 0 Å². The molecule has 0 aliphatic heterocycles. The minimum absolute atomic E-state index is 0.101. The monoisotopic (exact) mass is 443 g/mol. The van der Waals surface area contributed by atoms with E-state index in [1.807, 2.05) is 12.1 Å². The predicted molar refractivity (Wildman–Crippen MR) is 137 cm³/mol. The van der Waals surface area contributed by atoms with Gasteiger partial charge in [-0.15, -0.1) is 0 Å². The lowest BCUT2D eigenvalue weighted by Gasteiger charge is -2.23. The van der Waals surface area contributed by atoms with Gasteiger partial charge >= 0.3 is 0 Å². The lowest BCUT2D eigenvalue weighted by molar-refractivity contribution is -0.116. The van der Waals surface area contributed by atoms with Gasteiger partial charge in [-0.25, -0.2) is 0 Å². The van der Waals surface area contributed by atoms with Crippen LogP contribution in [-0.4, -0.2) is 11.0 Å². The van der Waals surface area contributed by atoms with Gasteiger partial charge in [0.05, 0.1) is 0 Å². The van der Waals surface area contributed by atoms with Crippen molar-refractivity contribution >= 4 is 11.6 Å². The summed E-state index contributed by atoms with van der Waals surface area (Å²) in [5.41, 5.74) is 1.85. The third-order valence-electron chi connectivity index (χ3n) is 7.11. The Morgan fingerprint density at radius 3 is 1.91 bits per heavy atom. The zero-order valence-corrected chi connectivity index (χ0v) is 20.8. The molecule has 0 atom stereocenters. The summed E-state index contributed by atoms with van der Waals surface area (Å²) in [5.74, 6) is 0.914. The first-order valence-corrected chi connectivity index (χ1v) is 13.8. The van der Waals surface area contributed by atoms with E-state index in [1.54, 1.807) is 6.07 Å². The number of amides is 1. The van der Waals surface area contributed by atoms with Crippen molar-refractivity contribution in [3.8, 4) is 5.75 Å². The second-order valence-corrected chi connectivity index (χ2v) is 10.0. The summed E-state index contributed by atoms with van der Waals surface area (Å²) in [5, 5.41) is 13.3. The molecule has 3 nitrogen and oxygen atoms in total. The van der Waals surface area contributed by atoms with Gasteiger partial charge in [0.1, 0.15) is 5.75 Å². The molecule has 32 heavy (non-hydrogen) atoms. The first kappa shape index (κ1) is 26.7. The third kappa shape index (κ3) is 11.4. The number of hydrogen-bond acceptors (Lipinski definition) is 2. The van der Waals surface area contributed by atoms with Gasteiger partial charge in [-0.1, -0.05) is 110 Å². The number of aromatic hydroxyl groups is 1. The van der Waals surface area contributed by atoms with Crippen molar-refractivity contribution in [3.05, 3.63) is 23.8 Å². The van der Waals surface area contributed by atoms with E-state index in [0.717, 1.165) is 36.9 Å². The summed E-state index contributed by atoms with van der Waals surface area (Å²) in [7, 11) is 0. The molecule has 0 aromatic heterocycles. The summed E-state index contributed by atoms with van der Waals surface area (Å²) in [6.07, 6.45) is 25.3. The maximum Gasteiger partial charge on any atom is 0.224 e. The van der Waals surface area contributed by atoms with E-state index >= 15 is 0 Å². The molecule has 1 fully saturated rings. The summed E-state index contributed by atoms with van der Waals surface area (Å²) < 4.78 is 0. The van der Waals surface area contributed by atoms with Gasteiger partial charge in [0.15, 0.2) is 0 Å². The number of unbranched alkanes of at least 4 members (excludes halogenated alkanes) is 13. The van der Waals surface area contributed by atoms with E-state index in [9.17, 15) is 9.90 Å². The SMILES string of the molecule is CCCCCCCCCCCCCCCCC(=O)Nc1ccc(O)c(C2CCCCC2)c1. The van der Waals surface area contributed by atoms with Crippen molar-refractivity contribution in [2.75, 3.05) is 5.32 Å². The number of hydrogen-bond donors (Lipinski definition) is 2. The zero-order valence-electron chi connectivity index (χ0n) is 20.8. The molecule has 0 spiro atoms. The maximum atomic E-state index is 12.3. The normalized spacial score (nSPS) is 14.5. The van der Waals surface area contributed by atoms with Crippen LogP contribution in [0.25, 0.3) is 0 Å². The Bertz CT molecular complexity index is 622. The Morgan fingerprint density at radius 2 is 1.34 bits per heavy atom. The molecule has 0 heterocycles. The van der Waals surface area contributed by atoms with Crippen molar-refractivity contribution in [3.63, 3.8) is 0 Å². The van der Waals surface area contributed by atoms with E-state index in [-0.39, 0.29) is 5.91 Å². The van der Waals surface area contributed by atoms with Gasteiger partial charge in [0, 0.05) is 12.1 Å². The van der Waals surface area contributed by atoms with E-state index in [1.165, 1.54) is 96.3 Å². The smallest absolute Gasteiger partial charge is 0.224 e. The highest BCUT2D eigenvalue weighted by Gasteiger charge is 2.19. The molecule has 3 heteroatoms. The Labute approximate surface area is 197 Å². The Balaban J connectivity index is 1.48. The molecule has 182 valence electrons. The maximum absolute atomic E-state index is 12.3. The Morgan fingerprint density at radius 1 is 0.812 bits per heavy atom. The van der Waals surface area contributed by atoms with Crippen LogP contribution in [0.4, 0.5) is 5.69 Å². The van der Waals surface area contributed by atoms with Crippen molar-refractivity contribution in [1.82, 2.24) is 0 Å². The number of carbonyl (C=O) groups excluding carboxylic acids is 1. The van der Waals surface area contributed by atoms with E-state index in [0.29, 0.717) is 18.1 Å². The fraction of sp³-hybridized carbons (Fsp3) is 0.759. The lowest BCUT2D eigenvalue weighted by Crippen LogP contribution is -2.12. The highest BCUT2D eigenvalue weighted by Crippen LogP contribution is 2.38. The Hall–Kier alpha value is -1.51. The van der Waals surface area contributed by atoms with Gasteiger partial charge in [0.2, 0.25) is 5.91 Å². The lowest BCUT2D eigenvalue weighted by atomic mass is 9.83. The van der Waals surface area contributed by atoms with Crippen molar-refractivity contribution < 1.29 is 9.90 Å². The molecule has 1 aliphatic rings. The number of phenols is 1. The van der Waals surface area contributed by atoms with Crippen LogP contribution in [0.15, 0.2) is 18.2 Å². The number of nitrogens with one attached hydrogen (secondary N) is 1. The van der Waals surface area contributed by atoms with Crippen LogP contribution in [0.2, 0.25) is 0 Å². The molecule has 1 aromatic rings. The van der Waals surface area contributed by atoms with Gasteiger partial charge in [0.25, 0.3) is 0 Å². The van der Waals surface area contributed by atoms with Crippen LogP contribution in [0.1, 0.15) is 147 Å². The van der Waals surface area contributed by atoms with Crippen LogP contribution in [0.5, 0.6) is 5.75 Å². The van der Waals surface area contributed by atoms with Crippen LogP contribution < -0.4 is 5.32 Å². The third-order valence-corrected chi connectivity index (χ3v) is 7.11. The van der Waals surface area contributed by atoms with Crippen LogP contribution >= 0.6 is 0 Å². The Kier molecular flexibility index (Phi) is 14.2. The van der Waals surface area contributed by atoms with Gasteiger partial charge < -0.3 is 10.4 Å². The van der Waals surface area contributed by atoms with E-state index in [4.69, 9.17) is 0 Å². The van der Waals surface area contributed by atoms with Crippen LogP contribution in [-0.2, 0) is 4.79 Å². The fourth-order valence-electron chi connectivity index (χ4n) is 5.08. The highest BCUT2D eigenvalue weighted by molar-refractivity contribution is 5.90. The average molecular weight is 444 g/mol. The van der Waals surface area contributed by atoms with Gasteiger partial charge in [-0.05, 0) is 48.9 Å². The van der Waals surface area contributed by atoms with Crippen molar-refractivity contribution in [1.29, 1.82) is 0 Å². The molecule has 2 N–H and O–H groups in total. The minimum atomic E-state index is 0.101. The second-order valence-electron chi connectivity index (χ2n) is 10.0. The molecule has 1 aliphatic carbocycles. The molecular weight excluding hydrogens is 394 g/mol. The first-order valence-electron chi connectivity index (χ1n) is 13.8. The summed E-state index contributed by atoms with van der Waals surface area (Å²) in [4.78, 5) is 12.3. The molecule has 2 rings (SSSR count). The summed E-state index contributed by atoms with van der Waals surface area (Å²) in [6, 6.07) is 5.56. The molecule has 0 bridgehead atoms. The number of carbonyl (C=O) groups is 1. The molecule has 1 aromatic carbocycles. The van der Waals surface area contributed by atoms with E-state index < -0.39 is 0 Å². The highest BCUT2D eigenvalue weighted by atomic mass is 16.3. The van der Waals surface area contributed by atoms with E-state index in [2.05, 4.69) is 12.2 Å².